The van der Waals surface area contributed by atoms with Gasteiger partial charge in [-0.1, -0.05) is 37.4 Å². The number of allylic oxidation sites excluding steroid dienone is 2. The summed E-state index contributed by atoms with van der Waals surface area (Å²) in [6.07, 6.45) is 1.05. The van der Waals surface area contributed by atoms with Crippen LogP contribution in [0.1, 0.15) is 58.7 Å². The molecule has 0 spiro atoms. The van der Waals surface area contributed by atoms with Crippen LogP contribution in [0.4, 0.5) is 5.82 Å². The van der Waals surface area contributed by atoms with Crippen LogP contribution in [-0.4, -0.2) is 60.3 Å². The minimum absolute atomic E-state index is 0.0635. The van der Waals surface area contributed by atoms with E-state index in [-0.39, 0.29) is 12.0 Å². The number of aromatic nitrogens is 2. The highest BCUT2D eigenvalue weighted by atomic mass is 35.5. The van der Waals surface area contributed by atoms with Crippen LogP contribution in [0, 0.1) is 17.7 Å². The minimum atomic E-state index is -0.522. The van der Waals surface area contributed by atoms with Gasteiger partial charge in [-0.3, -0.25) is 0 Å². The zero-order valence-electron chi connectivity index (χ0n) is 22.5. The number of halogens is 1. The van der Waals surface area contributed by atoms with Crippen molar-refractivity contribution in [3.05, 3.63) is 40.1 Å². The summed E-state index contributed by atoms with van der Waals surface area (Å²) >= 11 is 6.64. The topological polar surface area (TPSA) is 91.6 Å². The quantitative estimate of drug-likeness (QED) is 0.360. The predicted octanol–water partition coefficient (Wildman–Crippen LogP) is 5.95. The Morgan fingerprint density at radius 3 is 2.53 bits per heavy atom. The van der Waals surface area contributed by atoms with E-state index in [1.807, 2.05) is 33.8 Å². The zero-order valence-corrected chi connectivity index (χ0v) is 23.3. The van der Waals surface area contributed by atoms with Crippen molar-refractivity contribution in [3.63, 3.8) is 0 Å². The van der Waals surface area contributed by atoms with Crippen molar-refractivity contribution in [3.8, 4) is 17.1 Å². The summed E-state index contributed by atoms with van der Waals surface area (Å²) in [6.45, 7) is 14.6. The number of aliphatic hydroxyl groups is 1. The summed E-state index contributed by atoms with van der Waals surface area (Å²) in [7, 11) is 1.73. The molecule has 196 valence electrons. The van der Waals surface area contributed by atoms with Crippen LogP contribution in [0.2, 0.25) is 5.02 Å². The number of aliphatic hydroxyl groups excluding tert-OH is 1. The number of rotatable bonds is 11. The molecule has 0 saturated carbocycles. The van der Waals surface area contributed by atoms with Gasteiger partial charge in [0.15, 0.2) is 5.82 Å². The normalized spacial score (nSPS) is 15.3. The first-order chi connectivity index (χ1) is 17.0. The van der Waals surface area contributed by atoms with Crippen LogP contribution < -0.4 is 9.64 Å². The maximum Gasteiger partial charge on any atom is 0.163 e. The molecule has 1 aliphatic rings. The highest BCUT2D eigenvalue weighted by Gasteiger charge is 2.40. The number of benzene rings is 1. The average Bonchev–Trinajstić information content (AvgIpc) is 2.78. The van der Waals surface area contributed by atoms with Crippen LogP contribution in [-0.2, 0) is 4.74 Å². The van der Waals surface area contributed by atoms with E-state index in [2.05, 4.69) is 11.8 Å². The first kappa shape index (κ1) is 28.1. The number of ether oxygens (including phenoxy) is 2. The van der Waals surface area contributed by atoms with Gasteiger partial charge >= 0.3 is 0 Å². The van der Waals surface area contributed by atoms with E-state index in [1.54, 1.807) is 26.2 Å². The summed E-state index contributed by atoms with van der Waals surface area (Å²) in [5, 5.41) is 19.0. The minimum Gasteiger partial charge on any atom is -0.491 e. The number of methoxy groups -OCH3 is 1. The maximum atomic E-state index is 10.1. The molecule has 0 aliphatic carbocycles. The molecule has 8 heteroatoms. The Labute approximate surface area is 220 Å². The molecule has 3 rings (SSSR count). The summed E-state index contributed by atoms with van der Waals surface area (Å²) in [5.74, 6) is 1.92. The highest BCUT2D eigenvalue weighted by molar-refractivity contribution is 6.33. The third kappa shape index (κ3) is 6.25. The van der Waals surface area contributed by atoms with Gasteiger partial charge in [-0.2, -0.15) is 0 Å². The lowest BCUT2D eigenvalue weighted by Crippen LogP contribution is -2.57. The lowest BCUT2D eigenvalue weighted by molar-refractivity contribution is 0.0697. The van der Waals surface area contributed by atoms with Crippen molar-refractivity contribution in [1.29, 1.82) is 5.41 Å². The fourth-order valence-corrected chi connectivity index (χ4v) is 5.01. The molecule has 2 aromatic rings. The van der Waals surface area contributed by atoms with Crippen LogP contribution >= 0.6 is 11.6 Å². The molecule has 0 bridgehead atoms. The Hall–Kier alpha value is -2.48. The van der Waals surface area contributed by atoms with E-state index in [0.29, 0.717) is 40.9 Å². The van der Waals surface area contributed by atoms with Crippen LogP contribution in [0.3, 0.4) is 0 Å². The summed E-state index contributed by atoms with van der Waals surface area (Å²) in [5.41, 5.74) is 4.67. The number of nitrogens with one attached hydrogen (secondary N) is 1. The molecular weight excluding hydrogens is 476 g/mol. The fraction of sp³-hybridized carbons (Fsp3) is 0.536. The third-order valence-electron chi connectivity index (χ3n) is 6.41. The molecule has 2 heterocycles. The lowest BCUT2D eigenvalue weighted by atomic mass is 9.82. The fourth-order valence-electron chi connectivity index (χ4n) is 4.81. The summed E-state index contributed by atoms with van der Waals surface area (Å²) in [6, 6.07) is 5.38. The van der Waals surface area contributed by atoms with Gasteiger partial charge in [0.25, 0.3) is 0 Å². The monoisotopic (exact) mass is 514 g/mol. The maximum absolute atomic E-state index is 10.1. The SMILES string of the molecule is CCC[C@@H](O)COc1ccc(Cl)c(-c2nc(C(C(C)=N)=C(C)C)c(C)c(N3CC(C)(COC)C3)n2)c1. The van der Waals surface area contributed by atoms with Crippen molar-refractivity contribution in [1.82, 2.24) is 9.97 Å². The molecule has 2 N–H and O–H groups in total. The second-order valence-electron chi connectivity index (χ2n) is 10.3. The van der Waals surface area contributed by atoms with Gasteiger partial charge in [0.2, 0.25) is 0 Å². The van der Waals surface area contributed by atoms with Gasteiger partial charge in [-0.05, 0) is 52.3 Å². The molecular formula is C28H39ClN4O3. The molecule has 0 unspecified atom stereocenters. The molecule has 1 aromatic carbocycles. The van der Waals surface area contributed by atoms with Gasteiger partial charge in [0.05, 0.1) is 23.4 Å². The van der Waals surface area contributed by atoms with Crippen LogP contribution in [0.5, 0.6) is 5.75 Å². The molecule has 0 amide bonds. The number of hydrogen-bond acceptors (Lipinski definition) is 7. The van der Waals surface area contributed by atoms with Crippen molar-refractivity contribution < 1.29 is 14.6 Å². The zero-order chi connectivity index (χ0) is 26.6. The first-order valence-electron chi connectivity index (χ1n) is 12.5. The van der Waals surface area contributed by atoms with Crippen molar-refractivity contribution >= 4 is 28.7 Å². The van der Waals surface area contributed by atoms with E-state index < -0.39 is 6.10 Å². The van der Waals surface area contributed by atoms with E-state index in [0.717, 1.165) is 47.7 Å². The second-order valence-corrected chi connectivity index (χ2v) is 10.7. The lowest BCUT2D eigenvalue weighted by Gasteiger charge is -2.49. The van der Waals surface area contributed by atoms with Gasteiger partial charge in [-0.25, -0.2) is 9.97 Å². The second kappa shape index (κ2) is 11.7. The van der Waals surface area contributed by atoms with Crippen molar-refractivity contribution in [2.45, 2.75) is 60.5 Å². The average molecular weight is 515 g/mol. The summed E-state index contributed by atoms with van der Waals surface area (Å²) in [4.78, 5) is 12.1. The Morgan fingerprint density at radius 2 is 1.94 bits per heavy atom. The Kier molecular flexibility index (Phi) is 9.14. The number of anilines is 1. The van der Waals surface area contributed by atoms with E-state index >= 15 is 0 Å². The van der Waals surface area contributed by atoms with Gasteiger partial charge in [0, 0.05) is 48.0 Å². The van der Waals surface area contributed by atoms with E-state index in [9.17, 15) is 5.11 Å². The molecule has 1 fully saturated rings. The highest BCUT2D eigenvalue weighted by Crippen LogP contribution is 2.39. The Balaban J connectivity index is 2.09. The van der Waals surface area contributed by atoms with Crippen molar-refractivity contribution in [2.75, 3.05) is 38.3 Å². The van der Waals surface area contributed by atoms with Crippen LogP contribution in [0.25, 0.3) is 17.0 Å². The van der Waals surface area contributed by atoms with E-state index in [4.69, 9.17) is 36.5 Å². The van der Waals surface area contributed by atoms with Gasteiger partial charge in [-0.15, -0.1) is 0 Å². The third-order valence-corrected chi connectivity index (χ3v) is 6.74. The van der Waals surface area contributed by atoms with Crippen LogP contribution in [0.15, 0.2) is 23.8 Å². The molecule has 36 heavy (non-hydrogen) atoms. The Morgan fingerprint density at radius 1 is 1.25 bits per heavy atom. The summed E-state index contributed by atoms with van der Waals surface area (Å²) < 4.78 is 11.3. The van der Waals surface area contributed by atoms with Crippen molar-refractivity contribution in [2.24, 2.45) is 5.41 Å². The smallest absolute Gasteiger partial charge is 0.163 e. The molecule has 1 atom stereocenters. The number of nitrogens with zero attached hydrogens (tertiary/aromatic N) is 3. The molecule has 1 saturated heterocycles. The molecule has 1 aliphatic heterocycles. The molecule has 0 radical (unpaired) electrons. The number of hydrogen-bond donors (Lipinski definition) is 2. The molecule has 1 aromatic heterocycles. The van der Waals surface area contributed by atoms with Gasteiger partial charge < -0.3 is 24.9 Å². The van der Waals surface area contributed by atoms with E-state index in [1.165, 1.54) is 0 Å². The Bertz CT molecular complexity index is 1140. The standard InChI is InChI=1S/C28H39ClN4O3/c1-8-9-20(34)13-36-21-10-11-23(29)22(12-21)26-31-25(24(17(2)3)19(5)30)18(4)27(32-26)33-14-28(6,15-33)16-35-7/h10-12,20,30,34H,8-9,13-16H2,1-7H3/t20-/m1/s1. The first-order valence-corrected chi connectivity index (χ1v) is 12.8. The molecule has 7 nitrogen and oxygen atoms in total. The predicted molar refractivity (Wildman–Crippen MR) is 147 cm³/mol. The van der Waals surface area contributed by atoms with Gasteiger partial charge in [0.1, 0.15) is 18.2 Å². The largest absolute Gasteiger partial charge is 0.491 e.